The highest BCUT2D eigenvalue weighted by atomic mass is 19.1. The number of pyridine rings is 1. The molecular formula is C10H12FN3. The van der Waals surface area contributed by atoms with Crippen molar-refractivity contribution in [3.63, 3.8) is 0 Å². The summed E-state index contributed by atoms with van der Waals surface area (Å²) in [5.74, 6) is -0.256. The average Bonchev–Trinajstić information content (AvgIpc) is 2.56. The van der Waals surface area contributed by atoms with E-state index >= 15 is 0 Å². The van der Waals surface area contributed by atoms with Gasteiger partial charge >= 0.3 is 0 Å². The van der Waals surface area contributed by atoms with E-state index in [1.807, 2.05) is 10.6 Å². The summed E-state index contributed by atoms with van der Waals surface area (Å²) >= 11 is 0. The first-order valence-corrected chi connectivity index (χ1v) is 4.63. The van der Waals surface area contributed by atoms with E-state index in [1.54, 1.807) is 6.20 Å². The van der Waals surface area contributed by atoms with Crippen molar-refractivity contribution >= 4 is 5.65 Å². The molecule has 2 aromatic heterocycles. The minimum absolute atomic E-state index is 0.256. The third kappa shape index (κ3) is 1.75. The summed E-state index contributed by atoms with van der Waals surface area (Å²) < 4.78 is 14.6. The molecule has 0 aliphatic rings. The minimum Gasteiger partial charge on any atom is -0.330 e. The van der Waals surface area contributed by atoms with Crippen LogP contribution in [0.4, 0.5) is 4.39 Å². The molecule has 2 aromatic rings. The Morgan fingerprint density at radius 2 is 2.36 bits per heavy atom. The second kappa shape index (κ2) is 3.75. The number of nitrogens with zero attached hydrogens (tertiary/aromatic N) is 2. The molecular weight excluding hydrogens is 181 g/mol. The molecule has 4 heteroatoms. The third-order valence-corrected chi connectivity index (χ3v) is 2.11. The van der Waals surface area contributed by atoms with Gasteiger partial charge in [0.15, 0.2) is 0 Å². The molecule has 2 heterocycles. The summed E-state index contributed by atoms with van der Waals surface area (Å²) in [4.78, 5) is 4.28. The molecule has 0 fully saturated rings. The fourth-order valence-electron chi connectivity index (χ4n) is 1.41. The lowest BCUT2D eigenvalue weighted by molar-refractivity contribution is 0.626. The molecule has 0 saturated carbocycles. The molecule has 14 heavy (non-hydrogen) atoms. The molecule has 74 valence electrons. The zero-order valence-corrected chi connectivity index (χ0v) is 7.78. The van der Waals surface area contributed by atoms with Crippen LogP contribution in [0, 0.1) is 5.82 Å². The van der Waals surface area contributed by atoms with Crippen molar-refractivity contribution in [1.82, 2.24) is 9.38 Å². The van der Waals surface area contributed by atoms with Gasteiger partial charge in [0, 0.05) is 18.5 Å². The Kier molecular flexibility index (Phi) is 2.45. The molecule has 2 rings (SSSR count). The Morgan fingerprint density at radius 1 is 1.50 bits per heavy atom. The lowest BCUT2D eigenvalue weighted by atomic mass is 10.2. The van der Waals surface area contributed by atoms with Gasteiger partial charge in [-0.15, -0.1) is 0 Å². The van der Waals surface area contributed by atoms with Crippen LogP contribution >= 0.6 is 0 Å². The Hall–Kier alpha value is -1.42. The van der Waals surface area contributed by atoms with Gasteiger partial charge in [0.25, 0.3) is 0 Å². The number of imidazole rings is 1. The lowest BCUT2D eigenvalue weighted by Gasteiger charge is -1.90. The standard InChI is InChI=1S/C10H12FN3/c11-8-3-5-14-7-9(2-1-4-12)13-10(14)6-8/h3,5-7H,1-2,4,12H2. The van der Waals surface area contributed by atoms with Crippen molar-refractivity contribution in [3.05, 3.63) is 36.0 Å². The summed E-state index contributed by atoms with van der Waals surface area (Å²) in [7, 11) is 0. The highest BCUT2D eigenvalue weighted by Crippen LogP contribution is 2.08. The van der Waals surface area contributed by atoms with E-state index in [0.29, 0.717) is 12.2 Å². The number of aryl methyl sites for hydroxylation is 1. The number of rotatable bonds is 3. The summed E-state index contributed by atoms with van der Waals surface area (Å²) in [5.41, 5.74) is 7.01. The molecule has 0 radical (unpaired) electrons. The molecule has 0 aromatic carbocycles. The molecule has 0 atom stereocenters. The van der Waals surface area contributed by atoms with Crippen LogP contribution in [-0.2, 0) is 6.42 Å². The number of nitrogens with two attached hydrogens (primary N) is 1. The van der Waals surface area contributed by atoms with Crippen molar-refractivity contribution in [2.24, 2.45) is 5.73 Å². The van der Waals surface area contributed by atoms with E-state index in [0.717, 1.165) is 18.5 Å². The van der Waals surface area contributed by atoms with Crippen molar-refractivity contribution < 1.29 is 4.39 Å². The number of aromatic nitrogens is 2. The highest BCUT2D eigenvalue weighted by molar-refractivity contribution is 5.39. The van der Waals surface area contributed by atoms with Gasteiger partial charge in [-0.25, -0.2) is 9.37 Å². The number of hydrogen-bond donors (Lipinski definition) is 1. The average molecular weight is 193 g/mol. The fraction of sp³-hybridized carbons (Fsp3) is 0.300. The molecule has 0 bridgehead atoms. The Balaban J connectivity index is 2.32. The van der Waals surface area contributed by atoms with Crippen LogP contribution in [0.5, 0.6) is 0 Å². The largest absolute Gasteiger partial charge is 0.330 e. The van der Waals surface area contributed by atoms with Gasteiger partial charge in [0.05, 0.1) is 5.69 Å². The van der Waals surface area contributed by atoms with Gasteiger partial charge in [-0.05, 0) is 25.5 Å². The zero-order chi connectivity index (χ0) is 9.97. The fourth-order valence-corrected chi connectivity index (χ4v) is 1.41. The first-order chi connectivity index (χ1) is 6.79. The van der Waals surface area contributed by atoms with Crippen LogP contribution in [0.1, 0.15) is 12.1 Å². The SMILES string of the molecule is NCCCc1cn2ccc(F)cc2n1. The van der Waals surface area contributed by atoms with Crippen LogP contribution < -0.4 is 5.73 Å². The normalized spacial score (nSPS) is 11.0. The lowest BCUT2D eigenvalue weighted by Crippen LogP contribution is -2.00. The van der Waals surface area contributed by atoms with Crippen LogP contribution in [0.15, 0.2) is 24.5 Å². The summed E-state index contributed by atoms with van der Waals surface area (Å²) in [5, 5.41) is 0. The minimum atomic E-state index is -0.256. The van der Waals surface area contributed by atoms with Crippen molar-refractivity contribution in [2.45, 2.75) is 12.8 Å². The highest BCUT2D eigenvalue weighted by Gasteiger charge is 2.01. The van der Waals surface area contributed by atoms with Gasteiger partial charge in [-0.3, -0.25) is 0 Å². The molecule has 0 unspecified atom stereocenters. The van der Waals surface area contributed by atoms with Gasteiger partial charge in [-0.1, -0.05) is 0 Å². The van der Waals surface area contributed by atoms with Crippen molar-refractivity contribution in [2.75, 3.05) is 6.54 Å². The van der Waals surface area contributed by atoms with E-state index in [4.69, 9.17) is 5.73 Å². The smallest absolute Gasteiger partial charge is 0.139 e. The predicted octanol–water partition coefficient (Wildman–Crippen LogP) is 1.36. The van der Waals surface area contributed by atoms with Crippen molar-refractivity contribution in [3.8, 4) is 0 Å². The van der Waals surface area contributed by atoms with Gasteiger partial charge in [0.1, 0.15) is 11.5 Å². The molecule has 3 nitrogen and oxygen atoms in total. The molecule has 0 saturated heterocycles. The van der Waals surface area contributed by atoms with Gasteiger partial charge in [0.2, 0.25) is 0 Å². The van der Waals surface area contributed by atoms with E-state index < -0.39 is 0 Å². The first kappa shape index (κ1) is 9.15. The van der Waals surface area contributed by atoms with Crippen LogP contribution in [-0.4, -0.2) is 15.9 Å². The second-order valence-electron chi connectivity index (χ2n) is 3.23. The van der Waals surface area contributed by atoms with Gasteiger partial charge < -0.3 is 10.1 Å². The van der Waals surface area contributed by atoms with E-state index in [9.17, 15) is 4.39 Å². The van der Waals surface area contributed by atoms with E-state index in [-0.39, 0.29) is 5.82 Å². The monoisotopic (exact) mass is 193 g/mol. The quantitative estimate of drug-likeness (QED) is 0.799. The zero-order valence-electron chi connectivity index (χ0n) is 7.78. The molecule has 0 amide bonds. The number of hydrogen-bond acceptors (Lipinski definition) is 2. The molecule has 0 aliphatic carbocycles. The third-order valence-electron chi connectivity index (χ3n) is 2.11. The van der Waals surface area contributed by atoms with Crippen molar-refractivity contribution in [1.29, 1.82) is 0 Å². The Labute approximate surface area is 81.4 Å². The maximum absolute atomic E-state index is 12.8. The Morgan fingerprint density at radius 3 is 3.14 bits per heavy atom. The number of halogens is 1. The first-order valence-electron chi connectivity index (χ1n) is 4.63. The summed E-state index contributed by atoms with van der Waals surface area (Å²) in [6.07, 6.45) is 5.33. The molecule has 0 spiro atoms. The predicted molar refractivity (Wildman–Crippen MR) is 52.5 cm³/mol. The van der Waals surface area contributed by atoms with Gasteiger partial charge in [-0.2, -0.15) is 0 Å². The maximum Gasteiger partial charge on any atom is 0.139 e. The van der Waals surface area contributed by atoms with Crippen LogP contribution in [0.2, 0.25) is 0 Å². The summed E-state index contributed by atoms with van der Waals surface area (Å²) in [6.45, 7) is 0.655. The molecule has 2 N–H and O–H groups in total. The maximum atomic E-state index is 12.8. The Bertz CT molecular complexity index is 436. The number of fused-ring (bicyclic) bond motifs is 1. The molecule has 0 aliphatic heterocycles. The summed E-state index contributed by atoms with van der Waals surface area (Å²) in [6, 6.07) is 2.84. The second-order valence-corrected chi connectivity index (χ2v) is 3.23. The van der Waals surface area contributed by atoms with E-state index in [2.05, 4.69) is 4.98 Å². The topological polar surface area (TPSA) is 43.3 Å². The van der Waals surface area contributed by atoms with Crippen LogP contribution in [0.3, 0.4) is 0 Å². The van der Waals surface area contributed by atoms with E-state index in [1.165, 1.54) is 12.1 Å². The van der Waals surface area contributed by atoms with Crippen LogP contribution in [0.25, 0.3) is 5.65 Å².